The van der Waals surface area contributed by atoms with E-state index in [1.807, 2.05) is 0 Å². The molecule has 9 heteroatoms. The molecule has 0 unspecified atom stereocenters. The topological polar surface area (TPSA) is 94.0 Å². The van der Waals surface area contributed by atoms with Crippen LogP contribution in [0.2, 0.25) is 10.0 Å². The summed E-state index contributed by atoms with van der Waals surface area (Å²) in [5.41, 5.74) is 3.53. The van der Waals surface area contributed by atoms with Gasteiger partial charge in [-0.1, -0.05) is 29.3 Å². The second kappa shape index (κ2) is 8.06. The molecule has 0 radical (unpaired) electrons. The van der Waals surface area contributed by atoms with Gasteiger partial charge in [0.05, 0.1) is 24.4 Å². The minimum atomic E-state index is -0.936. The first-order valence-electron chi connectivity index (χ1n) is 9.69. The van der Waals surface area contributed by atoms with Gasteiger partial charge in [-0.05, 0) is 31.9 Å². The van der Waals surface area contributed by atoms with Gasteiger partial charge in [0.25, 0.3) is 5.91 Å². The first-order chi connectivity index (χ1) is 14.3. The zero-order valence-corrected chi connectivity index (χ0v) is 17.9. The summed E-state index contributed by atoms with van der Waals surface area (Å²) in [5.74, 6) is -0.165. The van der Waals surface area contributed by atoms with Crippen LogP contribution in [0.5, 0.6) is 0 Å². The van der Waals surface area contributed by atoms with Crippen LogP contribution in [0.15, 0.2) is 18.2 Å². The number of aromatic nitrogens is 1. The first kappa shape index (κ1) is 20.9. The fourth-order valence-corrected chi connectivity index (χ4v) is 4.87. The van der Waals surface area contributed by atoms with Crippen molar-refractivity contribution in [2.24, 2.45) is 0 Å². The van der Waals surface area contributed by atoms with Gasteiger partial charge in [0.1, 0.15) is 0 Å². The van der Waals surface area contributed by atoms with Crippen molar-refractivity contribution in [3.05, 3.63) is 50.8 Å². The number of likely N-dealkylation sites (tertiary alicyclic amines) is 1. The molecule has 30 heavy (non-hydrogen) atoms. The van der Waals surface area contributed by atoms with E-state index in [-0.39, 0.29) is 18.6 Å². The van der Waals surface area contributed by atoms with Crippen LogP contribution in [0.3, 0.4) is 0 Å². The maximum atomic E-state index is 13.5. The van der Waals surface area contributed by atoms with Crippen LogP contribution in [-0.4, -0.2) is 56.1 Å². The number of aliphatic hydroxyl groups is 1. The van der Waals surface area contributed by atoms with Crippen LogP contribution in [0, 0.1) is 6.92 Å². The lowest BCUT2D eigenvalue weighted by Crippen LogP contribution is -2.46. The number of carbonyl (C=O) groups excluding carboxylic acids is 1. The van der Waals surface area contributed by atoms with E-state index in [1.165, 1.54) is 4.90 Å². The van der Waals surface area contributed by atoms with E-state index < -0.39 is 6.09 Å². The molecule has 2 aromatic rings. The van der Waals surface area contributed by atoms with Crippen LogP contribution in [-0.2, 0) is 13.2 Å². The van der Waals surface area contributed by atoms with E-state index in [2.05, 4.69) is 4.98 Å². The maximum Gasteiger partial charge on any atom is 0.407 e. The second-order valence-electron chi connectivity index (χ2n) is 7.59. The minimum absolute atomic E-state index is 0.0614. The molecule has 0 aliphatic carbocycles. The maximum absolute atomic E-state index is 13.5. The average Bonchev–Trinajstić information content (AvgIpc) is 3.03. The summed E-state index contributed by atoms with van der Waals surface area (Å²) in [5, 5.41) is 20.1. The van der Waals surface area contributed by atoms with Gasteiger partial charge in [0, 0.05) is 51.6 Å². The van der Waals surface area contributed by atoms with E-state index in [1.54, 1.807) is 30.0 Å². The highest BCUT2D eigenvalue weighted by Gasteiger charge is 2.39. The number of amides is 2. The number of carboxylic acid groups (broad SMARTS) is 1. The summed E-state index contributed by atoms with van der Waals surface area (Å²) in [6.07, 6.45) is 0.220. The lowest BCUT2D eigenvalue weighted by atomic mass is 9.93. The van der Waals surface area contributed by atoms with Gasteiger partial charge in [-0.25, -0.2) is 4.79 Å². The second-order valence-corrected chi connectivity index (χ2v) is 8.43. The Morgan fingerprint density at radius 2 is 1.93 bits per heavy atom. The van der Waals surface area contributed by atoms with Gasteiger partial charge < -0.3 is 20.0 Å². The van der Waals surface area contributed by atoms with Crippen molar-refractivity contribution in [2.45, 2.75) is 39.0 Å². The van der Waals surface area contributed by atoms with Crippen molar-refractivity contribution < 1.29 is 19.8 Å². The molecular weight excluding hydrogens is 429 g/mol. The zero-order chi connectivity index (χ0) is 21.6. The lowest BCUT2D eigenvalue weighted by molar-refractivity contribution is 0.0596. The Morgan fingerprint density at radius 3 is 2.53 bits per heavy atom. The van der Waals surface area contributed by atoms with Crippen molar-refractivity contribution >= 4 is 35.2 Å². The SMILES string of the molecule is Cc1nc2c(c(-c3ccc(Cl)cc3Cl)c1CO)C(=O)N(C1CCN(C(=O)O)CC1)C2. The number of hydrogen-bond acceptors (Lipinski definition) is 4. The number of fused-ring (bicyclic) bond motifs is 1. The molecule has 1 fully saturated rings. The number of piperidine rings is 1. The third-order valence-corrected chi connectivity index (χ3v) is 6.46. The Balaban J connectivity index is 1.75. The number of nitrogens with zero attached hydrogens (tertiary/aromatic N) is 3. The highest BCUT2D eigenvalue weighted by molar-refractivity contribution is 6.36. The first-order valence-corrected chi connectivity index (χ1v) is 10.4. The summed E-state index contributed by atoms with van der Waals surface area (Å²) in [7, 11) is 0. The van der Waals surface area contributed by atoms with E-state index in [0.717, 1.165) is 0 Å². The number of rotatable bonds is 3. The Hall–Kier alpha value is -2.35. The van der Waals surface area contributed by atoms with Crippen LogP contribution in [0.4, 0.5) is 4.79 Å². The van der Waals surface area contributed by atoms with Crippen molar-refractivity contribution in [2.75, 3.05) is 13.1 Å². The quantitative estimate of drug-likeness (QED) is 0.739. The summed E-state index contributed by atoms with van der Waals surface area (Å²) >= 11 is 12.5. The summed E-state index contributed by atoms with van der Waals surface area (Å²) in [6.45, 7) is 2.67. The van der Waals surface area contributed by atoms with Crippen molar-refractivity contribution in [3.8, 4) is 11.1 Å². The zero-order valence-electron chi connectivity index (χ0n) is 16.4. The number of halogens is 2. The van der Waals surface area contributed by atoms with E-state index in [4.69, 9.17) is 28.3 Å². The predicted octanol–water partition coefficient (Wildman–Crippen LogP) is 3.95. The third kappa shape index (κ3) is 3.51. The van der Waals surface area contributed by atoms with Crippen LogP contribution in [0.25, 0.3) is 11.1 Å². The number of benzene rings is 1. The van der Waals surface area contributed by atoms with Gasteiger partial charge in [-0.2, -0.15) is 0 Å². The number of aryl methyl sites for hydroxylation is 1. The third-order valence-electron chi connectivity index (χ3n) is 5.91. The average molecular weight is 450 g/mol. The highest BCUT2D eigenvalue weighted by Crippen LogP contribution is 2.41. The van der Waals surface area contributed by atoms with Crippen LogP contribution < -0.4 is 0 Å². The molecule has 1 saturated heterocycles. The molecule has 1 aromatic heterocycles. The van der Waals surface area contributed by atoms with Crippen LogP contribution in [0.1, 0.15) is 40.2 Å². The van der Waals surface area contributed by atoms with Crippen molar-refractivity contribution in [3.63, 3.8) is 0 Å². The molecule has 1 aromatic carbocycles. The summed E-state index contributed by atoms with van der Waals surface area (Å²) in [4.78, 5) is 32.4. The van der Waals surface area contributed by atoms with Gasteiger partial charge in [-0.15, -0.1) is 0 Å². The molecule has 0 spiro atoms. The molecule has 4 rings (SSSR count). The molecule has 0 atom stereocenters. The number of hydrogen-bond donors (Lipinski definition) is 2. The number of pyridine rings is 1. The Bertz CT molecular complexity index is 1040. The van der Waals surface area contributed by atoms with Gasteiger partial charge >= 0.3 is 6.09 Å². The normalized spacial score (nSPS) is 16.9. The molecule has 2 amide bonds. The molecular formula is C21H21Cl2N3O4. The van der Waals surface area contributed by atoms with Crippen LogP contribution >= 0.6 is 23.2 Å². The monoisotopic (exact) mass is 449 g/mol. The van der Waals surface area contributed by atoms with Crippen molar-refractivity contribution in [1.82, 2.24) is 14.8 Å². The minimum Gasteiger partial charge on any atom is -0.465 e. The molecule has 0 bridgehead atoms. The molecule has 2 aliphatic rings. The highest BCUT2D eigenvalue weighted by atomic mass is 35.5. The largest absolute Gasteiger partial charge is 0.465 e. The van der Waals surface area contributed by atoms with E-state index in [0.29, 0.717) is 76.2 Å². The lowest BCUT2D eigenvalue weighted by Gasteiger charge is -2.35. The smallest absolute Gasteiger partial charge is 0.407 e. The summed E-state index contributed by atoms with van der Waals surface area (Å²) < 4.78 is 0. The summed E-state index contributed by atoms with van der Waals surface area (Å²) in [6, 6.07) is 5.00. The number of aliphatic hydroxyl groups excluding tert-OH is 1. The Kier molecular flexibility index (Phi) is 5.61. The van der Waals surface area contributed by atoms with Gasteiger partial charge in [0.2, 0.25) is 0 Å². The Morgan fingerprint density at radius 1 is 1.23 bits per heavy atom. The molecule has 7 nitrogen and oxygen atoms in total. The molecule has 2 aliphatic heterocycles. The van der Waals surface area contributed by atoms with Crippen molar-refractivity contribution in [1.29, 1.82) is 0 Å². The molecule has 158 valence electrons. The Labute approximate surface area is 183 Å². The standard InChI is InChI=1S/C21H21Cl2N3O4/c1-11-15(10-27)18(14-3-2-12(22)8-16(14)23)19-17(24-11)9-26(20(19)28)13-4-6-25(7-5-13)21(29)30/h2-3,8,13,27H,4-7,9-10H2,1H3,(H,29,30). The fourth-order valence-electron chi connectivity index (χ4n) is 4.37. The molecule has 2 N–H and O–H groups in total. The van der Waals surface area contributed by atoms with E-state index in [9.17, 15) is 14.7 Å². The number of carbonyl (C=O) groups is 2. The van der Waals surface area contributed by atoms with Gasteiger partial charge in [-0.3, -0.25) is 9.78 Å². The molecule has 0 saturated carbocycles. The predicted molar refractivity (Wildman–Crippen MR) is 113 cm³/mol. The van der Waals surface area contributed by atoms with E-state index >= 15 is 0 Å². The fraction of sp³-hybridized carbons (Fsp3) is 0.381. The molecule has 3 heterocycles. The van der Waals surface area contributed by atoms with Gasteiger partial charge in [0.15, 0.2) is 0 Å².